The van der Waals surface area contributed by atoms with Gasteiger partial charge < -0.3 is 13.9 Å². The molecule has 0 aliphatic heterocycles. The van der Waals surface area contributed by atoms with Gasteiger partial charge in [-0.05, 0) is 33.4 Å². The smallest absolute Gasteiger partial charge is 0.320 e. The summed E-state index contributed by atoms with van der Waals surface area (Å²) in [4.78, 5) is 12.8. The summed E-state index contributed by atoms with van der Waals surface area (Å²) in [5, 5.41) is 17.1. The lowest BCUT2D eigenvalue weighted by Crippen LogP contribution is -2.37. The predicted octanol–water partition coefficient (Wildman–Crippen LogP) is 2.24. The average Bonchev–Trinajstić information content (AvgIpc) is 2.96. The van der Waals surface area contributed by atoms with Gasteiger partial charge in [0, 0.05) is 0 Å². The largest absolute Gasteiger partial charge is 0.480 e. The summed E-state index contributed by atoms with van der Waals surface area (Å²) in [6, 6.07) is 1.26. The molecule has 0 aliphatic rings. The third kappa shape index (κ3) is 3.30. The molecule has 2 rings (SSSR count). The van der Waals surface area contributed by atoms with E-state index in [1.54, 1.807) is 11.9 Å². The summed E-state index contributed by atoms with van der Waals surface area (Å²) in [5.74, 6) is 1.40. The molecule has 0 aromatic carbocycles. The standard InChI is InChI=1S/C14H19N3O4/c1-5-11(14(18)19)17(4)7-12-15-16-13(21-12)10-6-8(2)20-9(10)3/h6,11H,5,7H2,1-4H3,(H,18,19). The number of likely N-dealkylation sites (N-methyl/N-ethyl adjacent to an activating group) is 1. The van der Waals surface area contributed by atoms with E-state index in [0.29, 0.717) is 24.0 Å². The number of hydrogen-bond donors (Lipinski definition) is 1. The molecule has 7 nitrogen and oxygen atoms in total. The van der Waals surface area contributed by atoms with Crippen LogP contribution >= 0.6 is 0 Å². The van der Waals surface area contributed by atoms with Gasteiger partial charge in [0.2, 0.25) is 5.89 Å². The van der Waals surface area contributed by atoms with E-state index in [2.05, 4.69) is 10.2 Å². The summed E-state index contributed by atoms with van der Waals surface area (Å²) < 4.78 is 11.0. The van der Waals surface area contributed by atoms with Gasteiger partial charge in [0.1, 0.15) is 17.6 Å². The first-order valence-electron chi connectivity index (χ1n) is 6.75. The second-order valence-corrected chi connectivity index (χ2v) is 5.01. The molecule has 114 valence electrons. The Balaban J connectivity index is 2.13. The Morgan fingerprint density at radius 3 is 2.62 bits per heavy atom. The maximum absolute atomic E-state index is 11.1. The molecule has 7 heteroatoms. The van der Waals surface area contributed by atoms with Crippen LogP contribution in [0.3, 0.4) is 0 Å². The molecule has 0 radical (unpaired) electrons. The first-order chi connectivity index (χ1) is 9.92. The zero-order chi connectivity index (χ0) is 15.6. The van der Waals surface area contributed by atoms with Crippen LogP contribution in [0.15, 0.2) is 14.9 Å². The Morgan fingerprint density at radius 2 is 2.10 bits per heavy atom. The second kappa shape index (κ2) is 6.09. The maximum Gasteiger partial charge on any atom is 0.320 e. The molecule has 0 spiro atoms. The highest BCUT2D eigenvalue weighted by Gasteiger charge is 2.23. The molecule has 0 saturated carbocycles. The Morgan fingerprint density at radius 1 is 1.38 bits per heavy atom. The number of rotatable bonds is 6. The molecule has 2 aromatic rings. The fraction of sp³-hybridized carbons (Fsp3) is 0.500. The molecule has 2 aromatic heterocycles. The van der Waals surface area contributed by atoms with Crippen molar-refractivity contribution in [1.29, 1.82) is 0 Å². The number of aliphatic carboxylic acids is 1. The van der Waals surface area contributed by atoms with Gasteiger partial charge in [0.15, 0.2) is 0 Å². The molecule has 0 saturated heterocycles. The van der Waals surface area contributed by atoms with Gasteiger partial charge in [-0.2, -0.15) is 0 Å². The highest BCUT2D eigenvalue weighted by molar-refractivity contribution is 5.73. The number of carboxylic acid groups (broad SMARTS) is 1. The van der Waals surface area contributed by atoms with Crippen LogP contribution < -0.4 is 0 Å². The normalized spacial score (nSPS) is 12.8. The van der Waals surface area contributed by atoms with Crippen molar-refractivity contribution in [2.75, 3.05) is 7.05 Å². The van der Waals surface area contributed by atoms with Crippen molar-refractivity contribution >= 4 is 5.97 Å². The minimum absolute atomic E-state index is 0.285. The highest BCUT2D eigenvalue weighted by atomic mass is 16.4. The Bertz CT molecular complexity index is 632. The number of nitrogens with zero attached hydrogens (tertiary/aromatic N) is 3. The number of furan rings is 1. The molecule has 0 fully saturated rings. The lowest BCUT2D eigenvalue weighted by molar-refractivity contribution is -0.143. The fourth-order valence-electron chi connectivity index (χ4n) is 2.27. The maximum atomic E-state index is 11.1. The average molecular weight is 293 g/mol. The molecule has 0 bridgehead atoms. The molecule has 2 heterocycles. The number of hydrogen-bond acceptors (Lipinski definition) is 6. The molecule has 0 amide bonds. The number of carboxylic acids is 1. The lowest BCUT2D eigenvalue weighted by Gasteiger charge is -2.21. The van der Waals surface area contributed by atoms with Gasteiger partial charge >= 0.3 is 5.97 Å². The second-order valence-electron chi connectivity index (χ2n) is 5.01. The van der Waals surface area contributed by atoms with Crippen molar-refractivity contribution in [2.24, 2.45) is 0 Å². The van der Waals surface area contributed by atoms with E-state index < -0.39 is 12.0 Å². The van der Waals surface area contributed by atoms with Crippen molar-refractivity contribution in [3.63, 3.8) is 0 Å². The Kier molecular flexibility index (Phi) is 4.42. The minimum atomic E-state index is -0.860. The summed E-state index contributed by atoms with van der Waals surface area (Å²) in [6.07, 6.45) is 0.507. The molecular weight excluding hydrogens is 274 g/mol. The van der Waals surface area contributed by atoms with E-state index in [4.69, 9.17) is 13.9 Å². The lowest BCUT2D eigenvalue weighted by atomic mass is 10.2. The summed E-state index contributed by atoms with van der Waals surface area (Å²) in [6.45, 7) is 5.79. The van der Waals surface area contributed by atoms with Gasteiger partial charge in [-0.3, -0.25) is 9.69 Å². The quantitative estimate of drug-likeness (QED) is 0.873. The zero-order valence-electron chi connectivity index (χ0n) is 12.6. The van der Waals surface area contributed by atoms with Crippen molar-refractivity contribution < 1.29 is 18.7 Å². The molecule has 1 unspecified atom stereocenters. The predicted molar refractivity (Wildman–Crippen MR) is 74.7 cm³/mol. The van der Waals surface area contributed by atoms with Crippen molar-refractivity contribution in [3.8, 4) is 11.5 Å². The van der Waals surface area contributed by atoms with E-state index in [1.165, 1.54) is 0 Å². The van der Waals surface area contributed by atoms with Crippen LogP contribution in [0, 0.1) is 13.8 Å². The van der Waals surface area contributed by atoms with Crippen molar-refractivity contribution in [3.05, 3.63) is 23.5 Å². The molecule has 1 N–H and O–H groups in total. The van der Waals surface area contributed by atoms with E-state index >= 15 is 0 Å². The third-order valence-electron chi connectivity index (χ3n) is 3.33. The van der Waals surface area contributed by atoms with Crippen LogP contribution in [0.1, 0.15) is 30.8 Å². The molecule has 0 aliphatic carbocycles. The van der Waals surface area contributed by atoms with Crippen LogP contribution in [0.25, 0.3) is 11.5 Å². The van der Waals surface area contributed by atoms with Crippen molar-refractivity contribution in [2.45, 2.75) is 39.8 Å². The van der Waals surface area contributed by atoms with Gasteiger partial charge in [-0.1, -0.05) is 6.92 Å². The van der Waals surface area contributed by atoms with E-state index in [-0.39, 0.29) is 6.54 Å². The topological polar surface area (TPSA) is 92.6 Å². The van der Waals surface area contributed by atoms with Gasteiger partial charge in [-0.15, -0.1) is 10.2 Å². The fourth-order valence-corrected chi connectivity index (χ4v) is 2.27. The zero-order valence-corrected chi connectivity index (χ0v) is 12.6. The highest BCUT2D eigenvalue weighted by Crippen LogP contribution is 2.25. The van der Waals surface area contributed by atoms with Gasteiger partial charge in [0.25, 0.3) is 5.89 Å². The summed E-state index contributed by atoms with van der Waals surface area (Å²) >= 11 is 0. The van der Waals surface area contributed by atoms with Crippen LogP contribution in [0.2, 0.25) is 0 Å². The van der Waals surface area contributed by atoms with Crippen LogP contribution in [-0.4, -0.2) is 39.3 Å². The summed E-state index contributed by atoms with van der Waals surface area (Å²) in [7, 11) is 1.72. The summed E-state index contributed by atoms with van der Waals surface area (Å²) in [5.41, 5.74) is 0.763. The first kappa shape index (κ1) is 15.2. The van der Waals surface area contributed by atoms with Crippen LogP contribution in [0.5, 0.6) is 0 Å². The van der Waals surface area contributed by atoms with E-state index in [9.17, 15) is 4.79 Å². The molecule has 21 heavy (non-hydrogen) atoms. The molecular formula is C14H19N3O4. The first-order valence-corrected chi connectivity index (χ1v) is 6.75. The molecule has 1 atom stereocenters. The minimum Gasteiger partial charge on any atom is -0.480 e. The number of aromatic nitrogens is 2. The Labute approximate surface area is 122 Å². The van der Waals surface area contributed by atoms with E-state index in [0.717, 1.165) is 11.3 Å². The van der Waals surface area contributed by atoms with Gasteiger partial charge in [-0.25, -0.2) is 0 Å². The van der Waals surface area contributed by atoms with Crippen LogP contribution in [-0.2, 0) is 11.3 Å². The monoisotopic (exact) mass is 293 g/mol. The van der Waals surface area contributed by atoms with Crippen LogP contribution in [0.4, 0.5) is 0 Å². The Hall–Kier alpha value is -2.15. The number of aryl methyl sites for hydroxylation is 2. The van der Waals surface area contributed by atoms with Gasteiger partial charge in [0.05, 0.1) is 12.1 Å². The van der Waals surface area contributed by atoms with E-state index in [1.807, 2.05) is 26.8 Å². The van der Waals surface area contributed by atoms with Crippen molar-refractivity contribution in [1.82, 2.24) is 15.1 Å². The third-order valence-corrected chi connectivity index (χ3v) is 3.33. The SMILES string of the molecule is CCC(C(=O)O)N(C)Cc1nnc(-c2cc(C)oc2C)o1. The number of carbonyl (C=O) groups is 1.